The van der Waals surface area contributed by atoms with Crippen LogP contribution >= 0.6 is 23.5 Å². The molecule has 1 aliphatic carbocycles. The molecule has 0 bridgehead atoms. The first-order valence-corrected chi connectivity index (χ1v) is 15.1. The molecule has 1 aliphatic heterocycles. The molecule has 0 unspecified atom stereocenters. The lowest BCUT2D eigenvalue weighted by Gasteiger charge is -2.33. The Labute approximate surface area is 233 Å². The summed E-state index contributed by atoms with van der Waals surface area (Å²) in [5.41, 5.74) is 2.22. The number of rotatable bonds is 8. The Morgan fingerprint density at radius 3 is 2.11 bits per heavy atom. The van der Waals surface area contributed by atoms with Crippen LogP contribution in [0.2, 0.25) is 5.02 Å². The number of hydrogen-bond acceptors (Lipinski definition) is 5. The summed E-state index contributed by atoms with van der Waals surface area (Å²) in [5, 5.41) is 16.4. The lowest BCUT2D eigenvalue weighted by atomic mass is 9.76. The van der Waals surface area contributed by atoms with Gasteiger partial charge in [-0.15, -0.1) is 0 Å². The van der Waals surface area contributed by atoms with E-state index in [1.54, 1.807) is 0 Å². The molecule has 206 valence electrons. The Morgan fingerprint density at radius 1 is 1.05 bits per heavy atom. The summed E-state index contributed by atoms with van der Waals surface area (Å²) in [6.45, 7) is 7.84. The number of aliphatic carboxylic acids is 1. The third kappa shape index (κ3) is 9.20. The van der Waals surface area contributed by atoms with E-state index in [1.165, 1.54) is 50.5 Å². The second kappa shape index (κ2) is 17.0. The average molecular weight is 549 g/mol. The molecular formula is C30H45ClN2O3S. The smallest absolute Gasteiger partial charge is 0.309 e. The van der Waals surface area contributed by atoms with Gasteiger partial charge in [0.2, 0.25) is 0 Å². The molecule has 0 radical (unpaired) electrons. The zero-order chi connectivity index (χ0) is 27.1. The molecule has 1 heterocycles. The Morgan fingerprint density at radius 2 is 1.62 bits per heavy atom. The molecule has 3 N–H and O–H groups in total. The lowest BCUT2D eigenvalue weighted by molar-refractivity contribution is -0.155. The number of carboxylic acid groups (broad SMARTS) is 1. The van der Waals surface area contributed by atoms with Gasteiger partial charge in [-0.05, 0) is 74.4 Å². The predicted octanol–water partition coefficient (Wildman–Crippen LogP) is 8.64. The van der Waals surface area contributed by atoms with E-state index in [9.17, 15) is 9.90 Å². The molecule has 2 aliphatic rings. The summed E-state index contributed by atoms with van der Waals surface area (Å²) in [4.78, 5) is 15.0. The van der Waals surface area contributed by atoms with E-state index in [2.05, 4.69) is 24.0 Å². The van der Waals surface area contributed by atoms with Gasteiger partial charge in [-0.3, -0.25) is 9.93 Å². The highest BCUT2D eigenvalue weighted by Crippen LogP contribution is 2.40. The minimum absolute atomic E-state index is 0.491. The molecule has 0 aromatic heterocycles. The largest absolute Gasteiger partial charge is 0.481 e. The van der Waals surface area contributed by atoms with E-state index < -0.39 is 11.4 Å². The highest BCUT2D eigenvalue weighted by molar-refractivity contribution is 7.97. The number of hydrogen-bond donors (Lipinski definition) is 2. The molecule has 1 saturated heterocycles. The topological polar surface area (TPSA) is 75.8 Å². The maximum Gasteiger partial charge on any atom is 0.309 e. The predicted molar refractivity (Wildman–Crippen MR) is 158 cm³/mol. The average Bonchev–Trinajstić information content (AvgIpc) is 2.96. The zero-order valence-electron chi connectivity index (χ0n) is 22.8. The zero-order valence-corrected chi connectivity index (χ0v) is 24.4. The second-order valence-corrected chi connectivity index (χ2v) is 10.5. The highest BCUT2D eigenvalue weighted by atomic mass is 35.5. The third-order valence-electron chi connectivity index (χ3n) is 7.21. The van der Waals surface area contributed by atoms with Crippen LogP contribution in [0, 0.1) is 5.41 Å². The van der Waals surface area contributed by atoms with Crippen LogP contribution in [0.15, 0.2) is 47.4 Å². The molecule has 2 fully saturated rings. The van der Waals surface area contributed by atoms with Gasteiger partial charge < -0.3 is 14.7 Å². The molecular weight excluding hydrogens is 504 g/mol. The van der Waals surface area contributed by atoms with Crippen molar-refractivity contribution in [1.82, 2.24) is 0 Å². The Kier molecular flexibility index (Phi) is 14.4. The Bertz CT molecular complexity index is 920. The Balaban J connectivity index is 0.000000519. The van der Waals surface area contributed by atoms with Gasteiger partial charge in [0.1, 0.15) is 0 Å². The van der Waals surface area contributed by atoms with Crippen molar-refractivity contribution in [2.24, 2.45) is 10.6 Å². The maximum absolute atomic E-state index is 11.9. The van der Waals surface area contributed by atoms with Crippen LogP contribution in [0.3, 0.4) is 0 Å². The van der Waals surface area contributed by atoms with E-state index in [4.69, 9.17) is 21.5 Å². The minimum Gasteiger partial charge on any atom is -0.481 e. The number of carboxylic acids is 1. The van der Waals surface area contributed by atoms with Crippen LogP contribution < -0.4 is 10.0 Å². The maximum atomic E-state index is 11.9. The summed E-state index contributed by atoms with van der Waals surface area (Å²) in [6.07, 6.45) is 11.2. The van der Waals surface area contributed by atoms with Gasteiger partial charge in [-0.25, -0.2) is 0 Å². The minimum atomic E-state index is -0.747. The molecule has 37 heavy (non-hydrogen) atoms. The van der Waals surface area contributed by atoms with Gasteiger partial charge in [0.05, 0.1) is 11.1 Å². The number of halogens is 1. The van der Waals surface area contributed by atoms with Crippen LogP contribution in [0.5, 0.6) is 0 Å². The van der Waals surface area contributed by atoms with Crippen LogP contribution in [0.25, 0.3) is 0 Å². The van der Waals surface area contributed by atoms with Crippen molar-refractivity contribution in [1.29, 1.82) is 0 Å². The molecule has 5 nitrogen and oxygen atoms in total. The number of nitrogens with zero attached hydrogens (tertiary/aromatic N) is 1. The number of para-hydroxylation sites is 1. The van der Waals surface area contributed by atoms with Crippen LogP contribution in [-0.2, 0) is 16.0 Å². The molecule has 1 saturated carbocycles. The van der Waals surface area contributed by atoms with Crippen LogP contribution in [0.4, 0.5) is 11.4 Å². The number of benzene rings is 2. The fourth-order valence-electron chi connectivity index (χ4n) is 4.95. The van der Waals surface area contributed by atoms with Gasteiger partial charge >= 0.3 is 5.97 Å². The summed E-state index contributed by atoms with van der Waals surface area (Å²) in [5.74, 6) is -0.747. The molecule has 7 heteroatoms. The van der Waals surface area contributed by atoms with Gasteiger partial charge in [0, 0.05) is 35.4 Å². The fourth-order valence-corrected chi connectivity index (χ4v) is 5.70. The molecule has 4 rings (SSSR count). The van der Waals surface area contributed by atoms with Crippen molar-refractivity contribution in [2.45, 2.75) is 89.9 Å². The Hall–Kier alpha value is -1.73. The summed E-state index contributed by atoms with van der Waals surface area (Å²) < 4.78 is 5.37. The van der Waals surface area contributed by atoms with E-state index in [1.807, 2.05) is 44.2 Å². The second-order valence-electron chi connectivity index (χ2n) is 9.43. The monoisotopic (exact) mass is 548 g/mol. The molecule has 0 amide bonds. The van der Waals surface area contributed by atoms with Gasteiger partial charge in [0.15, 0.2) is 0 Å². The van der Waals surface area contributed by atoms with Crippen molar-refractivity contribution in [3.63, 3.8) is 0 Å². The van der Waals surface area contributed by atoms with Crippen molar-refractivity contribution < 1.29 is 14.6 Å². The normalized spacial score (nSPS) is 16.5. The SMILES string of the molecule is C1CCCCC1.CC.CCN(c1ccccc1)c1cc(Cl)c(CCC2(C(=O)O)CCOCC2)cc1SN. The number of ether oxygens (including phenoxy) is 1. The van der Waals surface area contributed by atoms with E-state index in [0.29, 0.717) is 43.9 Å². The quantitative estimate of drug-likeness (QED) is 0.321. The molecule has 0 atom stereocenters. The number of aryl methyl sites for hydroxylation is 1. The van der Waals surface area contributed by atoms with Gasteiger partial charge in [-0.1, -0.05) is 82.2 Å². The fraction of sp³-hybridized carbons (Fsp3) is 0.567. The van der Waals surface area contributed by atoms with Crippen LogP contribution in [-0.4, -0.2) is 30.8 Å². The van der Waals surface area contributed by atoms with E-state index in [0.717, 1.165) is 28.4 Å². The summed E-state index contributed by atoms with van der Waals surface area (Å²) in [7, 11) is 0. The lowest BCUT2D eigenvalue weighted by Crippen LogP contribution is -2.37. The van der Waals surface area contributed by atoms with Crippen molar-refractivity contribution in [2.75, 3.05) is 24.7 Å². The van der Waals surface area contributed by atoms with Gasteiger partial charge in [0.25, 0.3) is 0 Å². The van der Waals surface area contributed by atoms with Crippen LogP contribution in [0.1, 0.15) is 84.1 Å². The number of carbonyl (C=O) groups is 1. The number of nitrogens with two attached hydrogens (primary N) is 1. The molecule has 2 aromatic rings. The highest BCUT2D eigenvalue weighted by Gasteiger charge is 2.39. The first-order chi connectivity index (χ1) is 18.0. The molecule has 2 aromatic carbocycles. The standard InChI is InChI=1S/C22H27ClN2O3S.C6H12.C2H6/c1-2-25(17-6-4-3-5-7-17)19-15-18(23)16(14-20(19)29-24)8-9-22(21(26)27)10-12-28-13-11-22;1-2-4-6-5-3-1;1-2/h3-7,14-15H,2,8-13,24H2,1H3,(H,26,27);1-6H2;1-2H3. The van der Waals surface area contributed by atoms with E-state index in [-0.39, 0.29) is 0 Å². The van der Waals surface area contributed by atoms with Crippen molar-refractivity contribution >= 4 is 40.9 Å². The van der Waals surface area contributed by atoms with Gasteiger partial charge in [-0.2, -0.15) is 0 Å². The first-order valence-electron chi connectivity index (χ1n) is 13.8. The first kappa shape index (κ1) is 31.5. The molecule has 0 spiro atoms. The summed E-state index contributed by atoms with van der Waals surface area (Å²) >= 11 is 7.83. The van der Waals surface area contributed by atoms with E-state index >= 15 is 0 Å². The summed E-state index contributed by atoms with van der Waals surface area (Å²) in [6, 6.07) is 14.0. The van der Waals surface area contributed by atoms with Crippen molar-refractivity contribution in [3.8, 4) is 0 Å². The third-order valence-corrected chi connectivity index (χ3v) is 8.14. The van der Waals surface area contributed by atoms with Crippen molar-refractivity contribution in [3.05, 3.63) is 53.1 Å². The number of anilines is 2.